The number of hydrogen-bond donors (Lipinski definition) is 0. The van der Waals surface area contributed by atoms with E-state index in [2.05, 4.69) is 0 Å². The molecule has 20 heavy (non-hydrogen) atoms. The van der Waals surface area contributed by atoms with Crippen LogP contribution in [0.2, 0.25) is 0 Å². The van der Waals surface area contributed by atoms with Crippen LogP contribution in [0.25, 0.3) is 17.0 Å². The summed E-state index contributed by atoms with van der Waals surface area (Å²) in [5.74, 6) is 1.31. The second kappa shape index (κ2) is 4.13. The van der Waals surface area contributed by atoms with E-state index < -0.39 is 0 Å². The Morgan fingerprint density at radius 1 is 1.35 bits per heavy atom. The summed E-state index contributed by atoms with van der Waals surface area (Å²) in [4.78, 5) is 12.2. The summed E-state index contributed by atoms with van der Waals surface area (Å²) in [5.41, 5.74) is 1.22. The van der Waals surface area contributed by atoms with Crippen LogP contribution in [0, 0.1) is 0 Å². The zero-order valence-corrected chi connectivity index (χ0v) is 12.1. The highest BCUT2D eigenvalue weighted by Gasteiger charge is 2.26. The third-order valence-corrected chi connectivity index (χ3v) is 3.57. The normalized spacial score (nSPS) is 15.8. The highest BCUT2D eigenvalue weighted by molar-refractivity contribution is 5.92. The average molecular weight is 271 g/mol. The molecule has 4 nitrogen and oxygen atoms in total. The molecule has 0 spiro atoms. The number of fused-ring (bicyclic) bond motifs is 2. The van der Waals surface area contributed by atoms with Crippen LogP contribution in [0.15, 0.2) is 29.2 Å². The van der Waals surface area contributed by atoms with Crippen LogP contribution in [-0.2, 0) is 7.05 Å². The van der Waals surface area contributed by atoms with Crippen molar-refractivity contribution in [3.63, 3.8) is 0 Å². The van der Waals surface area contributed by atoms with Crippen molar-refractivity contribution in [2.75, 3.05) is 7.11 Å². The molecule has 1 aliphatic rings. The van der Waals surface area contributed by atoms with Crippen LogP contribution in [-0.4, -0.2) is 17.3 Å². The van der Waals surface area contributed by atoms with E-state index in [4.69, 9.17) is 9.47 Å². The minimum absolute atomic E-state index is 0.0454. The Morgan fingerprint density at radius 3 is 2.80 bits per heavy atom. The molecule has 2 aromatic rings. The summed E-state index contributed by atoms with van der Waals surface area (Å²) in [6, 6.07) is 3.45. The Morgan fingerprint density at radius 2 is 2.10 bits per heavy atom. The molecule has 4 heteroatoms. The molecule has 1 aliphatic heterocycles. The smallest absolute Gasteiger partial charge is 0.193 e. The molecule has 0 aliphatic carbocycles. The van der Waals surface area contributed by atoms with Gasteiger partial charge in [-0.05, 0) is 26.0 Å². The average Bonchev–Trinajstić information content (AvgIpc) is 2.39. The van der Waals surface area contributed by atoms with Crippen molar-refractivity contribution in [1.29, 1.82) is 0 Å². The first kappa shape index (κ1) is 12.8. The van der Waals surface area contributed by atoms with Gasteiger partial charge < -0.3 is 14.0 Å². The Balaban J connectivity index is 2.45. The molecule has 2 heterocycles. The summed E-state index contributed by atoms with van der Waals surface area (Å²) in [5, 5.41) is 0.587. The number of ether oxygens (including phenoxy) is 2. The number of hydrogen-bond acceptors (Lipinski definition) is 3. The summed E-state index contributed by atoms with van der Waals surface area (Å²) >= 11 is 0. The Hall–Kier alpha value is -2.23. The maximum absolute atomic E-state index is 12.2. The van der Waals surface area contributed by atoms with Crippen molar-refractivity contribution in [3.8, 4) is 11.5 Å². The quantitative estimate of drug-likeness (QED) is 0.800. The van der Waals surface area contributed by atoms with E-state index in [1.807, 2.05) is 43.7 Å². The number of rotatable bonds is 1. The van der Waals surface area contributed by atoms with Gasteiger partial charge in [-0.3, -0.25) is 4.79 Å². The van der Waals surface area contributed by atoms with E-state index in [9.17, 15) is 4.79 Å². The third-order valence-electron chi connectivity index (χ3n) is 3.57. The first-order chi connectivity index (χ1) is 9.43. The highest BCUT2D eigenvalue weighted by Crippen LogP contribution is 2.40. The van der Waals surface area contributed by atoms with Crippen molar-refractivity contribution in [2.24, 2.45) is 7.05 Å². The molecule has 0 fully saturated rings. The molecule has 0 atom stereocenters. The van der Waals surface area contributed by atoms with E-state index >= 15 is 0 Å². The lowest BCUT2D eigenvalue weighted by molar-refractivity contribution is 0.158. The number of benzene rings is 1. The molecular weight excluding hydrogens is 254 g/mol. The second-order valence-electron chi connectivity index (χ2n) is 5.55. The predicted molar refractivity (Wildman–Crippen MR) is 79.5 cm³/mol. The van der Waals surface area contributed by atoms with Gasteiger partial charge in [0.1, 0.15) is 17.1 Å². The topological polar surface area (TPSA) is 40.5 Å². The molecular formula is C16H17NO3. The Labute approximate surface area is 117 Å². The molecule has 0 N–H and O–H groups in total. The van der Waals surface area contributed by atoms with Crippen LogP contribution < -0.4 is 14.9 Å². The van der Waals surface area contributed by atoms with E-state index in [1.54, 1.807) is 19.4 Å². The van der Waals surface area contributed by atoms with Gasteiger partial charge in [0.05, 0.1) is 23.6 Å². The van der Waals surface area contributed by atoms with Crippen LogP contribution in [0.3, 0.4) is 0 Å². The van der Waals surface area contributed by atoms with Crippen molar-refractivity contribution in [2.45, 2.75) is 19.4 Å². The van der Waals surface area contributed by atoms with Crippen molar-refractivity contribution < 1.29 is 9.47 Å². The summed E-state index contributed by atoms with van der Waals surface area (Å²) in [6.45, 7) is 3.99. The van der Waals surface area contributed by atoms with E-state index in [-0.39, 0.29) is 11.0 Å². The molecule has 0 saturated carbocycles. The lowest BCUT2D eigenvalue weighted by atomic mass is 9.99. The first-order valence-electron chi connectivity index (χ1n) is 6.51. The predicted octanol–water partition coefficient (Wildman–Crippen LogP) is 2.73. The number of aryl methyl sites for hydroxylation is 1. The molecule has 1 aromatic heterocycles. The fraction of sp³-hybridized carbons (Fsp3) is 0.312. The van der Waals surface area contributed by atoms with E-state index in [1.165, 1.54) is 0 Å². The minimum atomic E-state index is -0.362. The molecule has 0 bridgehead atoms. The summed E-state index contributed by atoms with van der Waals surface area (Å²) in [7, 11) is 3.48. The SMILES string of the molecule is COc1c2c(cc3c1c(=O)ccn3C)OC(C)(C)C=C2. The van der Waals surface area contributed by atoms with E-state index in [0.29, 0.717) is 11.1 Å². The molecule has 0 radical (unpaired) electrons. The van der Waals surface area contributed by atoms with Gasteiger partial charge in [-0.25, -0.2) is 0 Å². The maximum Gasteiger partial charge on any atom is 0.193 e. The van der Waals surface area contributed by atoms with Gasteiger partial charge in [-0.15, -0.1) is 0 Å². The van der Waals surface area contributed by atoms with Crippen LogP contribution in [0.4, 0.5) is 0 Å². The van der Waals surface area contributed by atoms with Gasteiger partial charge in [0.2, 0.25) is 0 Å². The third kappa shape index (κ3) is 1.80. The molecule has 0 amide bonds. The van der Waals surface area contributed by atoms with Gasteiger partial charge in [-0.2, -0.15) is 0 Å². The lowest BCUT2D eigenvalue weighted by Crippen LogP contribution is -2.27. The number of methoxy groups -OCH3 is 1. The monoisotopic (exact) mass is 271 g/mol. The van der Waals surface area contributed by atoms with Crippen LogP contribution >= 0.6 is 0 Å². The number of aromatic nitrogens is 1. The van der Waals surface area contributed by atoms with Crippen molar-refractivity contribution in [1.82, 2.24) is 4.57 Å². The minimum Gasteiger partial charge on any atom is -0.495 e. The van der Waals surface area contributed by atoms with Crippen LogP contribution in [0.1, 0.15) is 19.4 Å². The van der Waals surface area contributed by atoms with E-state index in [0.717, 1.165) is 16.8 Å². The zero-order chi connectivity index (χ0) is 14.5. The second-order valence-corrected chi connectivity index (χ2v) is 5.55. The summed E-state index contributed by atoms with van der Waals surface area (Å²) < 4.78 is 13.4. The van der Waals surface area contributed by atoms with Gasteiger partial charge in [0.25, 0.3) is 0 Å². The molecule has 0 saturated heterocycles. The molecule has 1 aromatic carbocycles. The van der Waals surface area contributed by atoms with Crippen molar-refractivity contribution >= 4 is 17.0 Å². The molecule has 0 unspecified atom stereocenters. The largest absolute Gasteiger partial charge is 0.495 e. The summed E-state index contributed by atoms with van der Waals surface area (Å²) in [6.07, 6.45) is 5.68. The number of nitrogens with zero attached hydrogens (tertiary/aromatic N) is 1. The fourth-order valence-electron chi connectivity index (χ4n) is 2.55. The van der Waals surface area contributed by atoms with Crippen molar-refractivity contribution in [3.05, 3.63) is 40.2 Å². The molecule has 104 valence electrons. The van der Waals surface area contributed by atoms with Gasteiger partial charge >= 0.3 is 0 Å². The van der Waals surface area contributed by atoms with Crippen LogP contribution in [0.5, 0.6) is 11.5 Å². The standard InChI is InChI=1S/C16H17NO3/c1-16(2)7-5-10-13(20-16)9-11-14(15(10)19-4)12(18)6-8-17(11)3/h5-9H,1-4H3. The fourth-order valence-corrected chi connectivity index (χ4v) is 2.55. The molecule has 3 rings (SSSR count). The highest BCUT2D eigenvalue weighted by atomic mass is 16.5. The van der Waals surface area contributed by atoms with Gasteiger partial charge in [0, 0.05) is 25.4 Å². The number of pyridine rings is 1. The Bertz CT molecular complexity index is 784. The first-order valence-corrected chi connectivity index (χ1v) is 6.51. The lowest BCUT2D eigenvalue weighted by Gasteiger charge is -2.29. The Kier molecular flexibility index (Phi) is 2.64. The maximum atomic E-state index is 12.2. The van der Waals surface area contributed by atoms with Gasteiger partial charge in [0.15, 0.2) is 5.43 Å². The van der Waals surface area contributed by atoms with Gasteiger partial charge in [-0.1, -0.05) is 0 Å². The zero-order valence-electron chi connectivity index (χ0n) is 12.1.